The number of aromatic hydroxyl groups is 1. The van der Waals surface area contributed by atoms with Gasteiger partial charge in [0.05, 0.1) is 12.5 Å². The Morgan fingerprint density at radius 2 is 1.34 bits per heavy atom. The fourth-order valence-corrected chi connectivity index (χ4v) is 11.2. The lowest BCUT2D eigenvalue weighted by molar-refractivity contribution is 0.302. The molecule has 0 saturated heterocycles. The first-order chi connectivity index (χ1) is 15.0. The van der Waals surface area contributed by atoms with E-state index < -0.39 is 16.4 Å². The number of rotatable bonds is 7. The van der Waals surface area contributed by atoms with Crippen LogP contribution in [0.25, 0.3) is 0 Å². The molecule has 3 rings (SSSR count). The quantitative estimate of drug-likeness (QED) is 0.393. The Balaban J connectivity index is 1.99. The Bertz CT molecular complexity index is 999. The van der Waals surface area contributed by atoms with E-state index in [2.05, 4.69) is 123 Å². The molecule has 0 aromatic heterocycles. The summed E-state index contributed by atoms with van der Waals surface area (Å²) in [4.78, 5) is 0. The van der Waals surface area contributed by atoms with E-state index in [9.17, 15) is 5.11 Å². The van der Waals surface area contributed by atoms with Gasteiger partial charge in [0.1, 0.15) is 5.75 Å². The molecule has 3 aromatic carbocycles. The number of phenolic OH excluding ortho intramolecular Hbond substituents is 1. The zero-order valence-corrected chi connectivity index (χ0v) is 23.7. The van der Waals surface area contributed by atoms with Crippen molar-refractivity contribution in [2.24, 2.45) is 0 Å². The molecule has 0 fully saturated rings. The van der Waals surface area contributed by atoms with Crippen LogP contribution in [0.3, 0.4) is 0 Å². The van der Waals surface area contributed by atoms with Gasteiger partial charge in [0.25, 0.3) is 8.32 Å². The van der Waals surface area contributed by atoms with Crippen molar-refractivity contribution in [1.29, 1.82) is 0 Å². The third-order valence-corrected chi connectivity index (χ3v) is 13.7. The van der Waals surface area contributed by atoms with Crippen molar-refractivity contribution in [3.05, 3.63) is 82.8 Å². The zero-order valence-electron chi connectivity index (χ0n) is 20.1. The summed E-state index contributed by atoms with van der Waals surface area (Å²) >= 11 is 3.57. The molecule has 170 valence electrons. The first kappa shape index (κ1) is 25.0. The first-order valence-corrected chi connectivity index (χ1v) is 17.4. The minimum absolute atomic E-state index is 0.0330. The highest BCUT2D eigenvalue weighted by Gasteiger charge is 2.49. The van der Waals surface area contributed by atoms with Gasteiger partial charge in [-0.05, 0) is 54.6 Å². The van der Waals surface area contributed by atoms with Crippen molar-refractivity contribution >= 4 is 47.9 Å². The summed E-state index contributed by atoms with van der Waals surface area (Å²) in [6.45, 7) is 14.3. The van der Waals surface area contributed by atoms with Crippen molar-refractivity contribution < 1.29 is 9.53 Å². The van der Waals surface area contributed by atoms with Crippen LogP contribution in [-0.2, 0) is 10.8 Å². The topological polar surface area (TPSA) is 29.5 Å². The van der Waals surface area contributed by atoms with Crippen LogP contribution in [-0.4, -0.2) is 28.1 Å². The predicted octanol–water partition coefficient (Wildman–Crippen LogP) is 5.82. The molecule has 0 aliphatic carbocycles. The molecule has 2 nitrogen and oxygen atoms in total. The lowest BCUT2D eigenvalue weighted by atomic mass is 10.1. The Morgan fingerprint density at radius 3 is 1.78 bits per heavy atom. The third-order valence-electron chi connectivity index (χ3n) is 6.06. The summed E-state index contributed by atoms with van der Waals surface area (Å²) in [5.41, 5.74) is 1.20. The van der Waals surface area contributed by atoms with E-state index in [4.69, 9.17) is 4.43 Å². The van der Waals surface area contributed by atoms with E-state index in [0.29, 0.717) is 12.4 Å². The molecule has 32 heavy (non-hydrogen) atoms. The van der Waals surface area contributed by atoms with Crippen molar-refractivity contribution in [2.45, 2.75) is 51.9 Å². The monoisotopic (exact) mass is 526 g/mol. The Morgan fingerprint density at radius 1 is 0.844 bits per heavy atom. The third kappa shape index (κ3) is 5.11. The van der Waals surface area contributed by atoms with E-state index in [1.165, 1.54) is 15.9 Å². The van der Waals surface area contributed by atoms with E-state index >= 15 is 0 Å². The van der Waals surface area contributed by atoms with Crippen molar-refractivity contribution in [1.82, 2.24) is 0 Å². The van der Waals surface area contributed by atoms with Crippen LogP contribution in [0, 0.1) is 0 Å². The molecule has 0 amide bonds. The number of halogens is 1. The summed E-state index contributed by atoms with van der Waals surface area (Å²) in [6, 6.07) is 25.7. The molecular formula is C27H35BrO2Si2. The lowest BCUT2D eigenvalue weighted by Gasteiger charge is -2.43. The maximum atomic E-state index is 10.6. The first-order valence-electron chi connectivity index (χ1n) is 11.2. The molecule has 0 aliphatic rings. The second-order valence-electron chi connectivity index (χ2n) is 10.5. The molecule has 0 radical (unpaired) electrons. The highest BCUT2D eigenvalue weighted by atomic mass is 79.9. The molecule has 5 heteroatoms. The second kappa shape index (κ2) is 9.68. The molecule has 0 unspecified atom stereocenters. The fraction of sp³-hybridized carbons (Fsp3) is 0.333. The van der Waals surface area contributed by atoms with Gasteiger partial charge >= 0.3 is 0 Å². The number of hydrogen-bond acceptors (Lipinski definition) is 2. The number of hydrogen-bond donors (Lipinski definition) is 1. The van der Waals surface area contributed by atoms with E-state index in [1.807, 2.05) is 6.07 Å². The molecule has 0 spiro atoms. The molecular weight excluding hydrogens is 492 g/mol. The largest absolute Gasteiger partial charge is 0.507 e. The highest BCUT2D eigenvalue weighted by Crippen LogP contribution is 2.37. The van der Waals surface area contributed by atoms with E-state index in [-0.39, 0.29) is 5.04 Å². The maximum Gasteiger partial charge on any atom is 0.261 e. The Hall–Kier alpha value is -1.67. The van der Waals surface area contributed by atoms with Crippen LogP contribution in [0.1, 0.15) is 26.3 Å². The van der Waals surface area contributed by atoms with Gasteiger partial charge in [-0.15, -0.1) is 0 Å². The smallest absolute Gasteiger partial charge is 0.261 e. The van der Waals surface area contributed by atoms with Crippen molar-refractivity contribution in [3.8, 4) is 5.75 Å². The average Bonchev–Trinajstić information content (AvgIpc) is 2.73. The summed E-state index contributed by atoms with van der Waals surface area (Å²) < 4.78 is 7.81. The van der Waals surface area contributed by atoms with E-state index in [1.54, 1.807) is 0 Å². The van der Waals surface area contributed by atoms with Gasteiger partial charge in [-0.1, -0.05) is 107 Å². The SMILES string of the molecule is CC(C)(C)[Si](OCCc1cc(Br)c(O)c([Si](C)(C)C)c1)(c1ccccc1)c1ccccc1. The zero-order chi connectivity index (χ0) is 23.6. The van der Waals surface area contributed by atoms with Gasteiger partial charge < -0.3 is 9.53 Å². The van der Waals surface area contributed by atoms with Gasteiger partial charge in [0.2, 0.25) is 0 Å². The average molecular weight is 528 g/mol. The van der Waals surface area contributed by atoms with Gasteiger partial charge in [0.15, 0.2) is 0 Å². The molecule has 1 N–H and O–H groups in total. The minimum atomic E-state index is -2.53. The van der Waals surface area contributed by atoms with Crippen LogP contribution in [0.2, 0.25) is 24.7 Å². The van der Waals surface area contributed by atoms with Crippen LogP contribution >= 0.6 is 15.9 Å². The molecule has 0 aliphatic heterocycles. The summed E-state index contributed by atoms with van der Waals surface area (Å²) in [5, 5.41) is 14.2. The number of phenols is 1. The summed E-state index contributed by atoms with van der Waals surface area (Å²) in [5.74, 6) is 0.390. The Kier molecular flexibility index (Phi) is 7.55. The van der Waals surface area contributed by atoms with Gasteiger partial charge in [-0.2, -0.15) is 0 Å². The summed E-state index contributed by atoms with van der Waals surface area (Å²) in [6.07, 6.45) is 0.806. The van der Waals surface area contributed by atoms with Gasteiger partial charge in [-0.25, -0.2) is 0 Å². The predicted molar refractivity (Wildman–Crippen MR) is 146 cm³/mol. The standard InChI is InChI=1S/C27H35BrO2Si2/c1-27(2,3)32(22-13-9-7-10-14-22,23-15-11-8-12-16-23)30-18-17-21-19-24(28)26(29)25(20-21)31(4,5)6/h7-16,19-20,29H,17-18H2,1-6H3. The molecule has 0 bridgehead atoms. The van der Waals surface area contributed by atoms with Crippen LogP contribution in [0.5, 0.6) is 5.75 Å². The van der Waals surface area contributed by atoms with Crippen LogP contribution < -0.4 is 15.6 Å². The second-order valence-corrected chi connectivity index (χ2v) is 20.7. The highest BCUT2D eigenvalue weighted by molar-refractivity contribution is 9.10. The fourth-order valence-electron chi connectivity index (χ4n) is 4.45. The lowest BCUT2D eigenvalue weighted by Crippen LogP contribution is -2.66. The van der Waals surface area contributed by atoms with Gasteiger partial charge in [-0.3, -0.25) is 0 Å². The normalized spacial score (nSPS) is 12.7. The molecule has 3 aromatic rings. The number of benzene rings is 3. The van der Waals surface area contributed by atoms with Gasteiger partial charge in [0, 0.05) is 6.61 Å². The van der Waals surface area contributed by atoms with Crippen LogP contribution in [0.15, 0.2) is 77.3 Å². The Labute approximate surface area is 203 Å². The molecule has 0 heterocycles. The molecule has 0 atom stereocenters. The summed E-state index contributed by atoms with van der Waals surface area (Å²) in [7, 11) is -4.19. The minimum Gasteiger partial charge on any atom is -0.507 e. The van der Waals surface area contributed by atoms with Crippen LogP contribution in [0.4, 0.5) is 0 Å². The van der Waals surface area contributed by atoms with Crippen molar-refractivity contribution in [3.63, 3.8) is 0 Å². The maximum absolute atomic E-state index is 10.6. The molecule has 0 saturated carbocycles. The van der Waals surface area contributed by atoms with E-state index in [0.717, 1.165) is 16.1 Å². The van der Waals surface area contributed by atoms with Crippen molar-refractivity contribution in [2.75, 3.05) is 6.61 Å².